The predicted molar refractivity (Wildman–Crippen MR) is 76.7 cm³/mol. The second kappa shape index (κ2) is 6.80. The van der Waals surface area contributed by atoms with Crippen LogP contribution in [0.4, 0.5) is 0 Å². The molecule has 0 amide bonds. The van der Waals surface area contributed by atoms with Crippen LogP contribution in [0.5, 0.6) is 0 Å². The highest BCUT2D eigenvalue weighted by molar-refractivity contribution is 5.32. The molecule has 0 aliphatic carbocycles. The van der Waals surface area contributed by atoms with Crippen LogP contribution in [0.2, 0.25) is 0 Å². The molecule has 1 unspecified atom stereocenters. The molecule has 1 heteroatoms. The van der Waals surface area contributed by atoms with Gasteiger partial charge in [-0.3, -0.25) is 0 Å². The lowest BCUT2D eigenvalue weighted by Crippen LogP contribution is -2.25. The number of hydrogen-bond donors (Lipinski definition) is 1. The van der Waals surface area contributed by atoms with Crippen molar-refractivity contribution >= 4 is 0 Å². The summed E-state index contributed by atoms with van der Waals surface area (Å²) in [5.41, 5.74) is 4.27. The highest BCUT2D eigenvalue weighted by Crippen LogP contribution is 2.25. The molecule has 17 heavy (non-hydrogen) atoms. The van der Waals surface area contributed by atoms with Gasteiger partial charge in [-0.15, -0.1) is 0 Å². The van der Waals surface area contributed by atoms with Crippen molar-refractivity contribution in [2.75, 3.05) is 13.1 Å². The molecule has 0 aromatic heterocycles. The van der Waals surface area contributed by atoms with Crippen LogP contribution in [-0.2, 0) is 0 Å². The molecule has 0 saturated carbocycles. The maximum atomic E-state index is 3.55. The molecule has 1 atom stereocenters. The number of benzene rings is 1. The summed E-state index contributed by atoms with van der Waals surface area (Å²) in [4.78, 5) is 0. The molecular formula is C16H27N. The Morgan fingerprint density at radius 1 is 1.12 bits per heavy atom. The van der Waals surface area contributed by atoms with Crippen molar-refractivity contribution in [3.05, 3.63) is 34.9 Å². The molecule has 0 bridgehead atoms. The highest BCUT2D eigenvalue weighted by Gasteiger charge is 2.15. The van der Waals surface area contributed by atoms with E-state index in [2.05, 4.69) is 58.1 Å². The van der Waals surface area contributed by atoms with Crippen molar-refractivity contribution in [1.29, 1.82) is 0 Å². The standard InChI is InChI=1S/C16H27N/c1-6-9-17-11-16(12(2)3)15-8-7-13(4)14(5)10-15/h7-8,10,12,16-17H,6,9,11H2,1-5H3. The summed E-state index contributed by atoms with van der Waals surface area (Å²) in [5.74, 6) is 1.31. The van der Waals surface area contributed by atoms with Gasteiger partial charge in [0.25, 0.3) is 0 Å². The van der Waals surface area contributed by atoms with Crippen LogP contribution in [0.15, 0.2) is 18.2 Å². The minimum Gasteiger partial charge on any atom is -0.316 e. The van der Waals surface area contributed by atoms with Crippen LogP contribution >= 0.6 is 0 Å². The molecule has 0 spiro atoms. The number of nitrogens with one attached hydrogen (secondary N) is 1. The minimum absolute atomic E-state index is 0.626. The lowest BCUT2D eigenvalue weighted by molar-refractivity contribution is 0.462. The first-order chi connectivity index (χ1) is 8.06. The van der Waals surface area contributed by atoms with Gasteiger partial charge < -0.3 is 5.32 Å². The third-order valence-electron chi connectivity index (χ3n) is 3.55. The highest BCUT2D eigenvalue weighted by atomic mass is 14.9. The SMILES string of the molecule is CCCNCC(c1ccc(C)c(C)c1)C(C)C. The Kier molecular flexibility index (Phi) is 5.70. The smallest absolute Gasteiger partial charge is 0.00226 e. The molecule has 0 saturated heterocycles. The van der Waals surface area contributed by atoms with E-state index < -0.39 is 0 Å². The normalized spacial score (nSPS) is 13.1. The van der Waals surface area contributed by atoms with E-state index in [-0.39, 0.29) is 0 Å². The van der Waals surface area contributed by atoms with Crippen molar-refractivity contribution in [3.63, 3.8) is 0 Å². The summed E-state index contributed by atoms with van der Waals surface area (Å²) in [6, 6.07) is 6.90. The Bertz CT molecular complexity index is 341. The van der Waals surface area contributed by atoms with Gasteiger partial charge in [0.2, 0.25) is 0 Å². The molecule has 1 nitrogen and oxygen atoms in total. The Morgan fingerprint density at radius 2 is 1.82 bits per heavy atom. The summed E-state index contributed by atoms with van der Waals surface area (Å²) in [5, 5.41) is 3.55. The van der Waals surface area contributed by atoms with E-state index in [1.54, 1.807) is 0 Å². The maximum absolute atomic E-state index is 3.55. The van der Waals surface area contributed by atoms with Gasteiger partial charge in [0.05, 0.1) is 0 Å². The first kappa shape index (κ1) is 14.2. The quantitative estimate of drug-likeness (QED) is 0.731. The fraction of sp³-hybridized carbons (Fsp3) is 0.625. The Morgan fingerprint density at radius 3 is 2.35 bits per heavy atom. The maximum Gasteiger partial charge on any atom is 0.00226 e. The lowest BCUT2D eigenvalue weighted by Gasteiger charge is -2.22. The molecule has 1 N–H and O–H groups in total. The van der Waals surface area contributed by atoms with Gasteiger partial charge >= 0.3 is 0 Å². The first-order valence-corrected chi connectivity index (χ1v) is 6.84. The van der Waals surface area contributed by atoms with Gasteiger partial charge in [-0.05, 0) is 55.3 Å². The van der Waals surface area contributed by atoms with Crippen molar-refractivity contribution in [1.82, 2.24) is 5.32 Å². The van der Waals surface area contributed by atoms with Crippen LogP contribution in [0, 0.1) is 19.8 Å². The summed E-state index contributed by atoms with van der Waals surface area (Å²) in [6.45, 7) is 13.4. The van der Waals surface area contributed by atoms with E-state index in [1.807, 2.05) is 0 Å². The zero-order chi connectivity index (χ0) is 12.8. The minimum atomic E-state index is 0.626. The molecule has 96 valence electrons. The van der Waals surface area contributed by atoms with Gasteiger partial charge in [-0.2, -0.15) is 0 Å². The van der Waals surface area contributed by atoms with Crippen molar-refractivity contribution in [2.45, 2.75) is 47.0 Å². The summed E-state index contributed by atoms with van der Waals surface area (Å²) < 4.78 is 0. The summed E-state index contributed by atoms with van der Waals surface area (Å²) >= 11 is 0. The third-order valence-corrected chi connectivity index (χ3v) is 3.55. The second-order valence-electron chi connectivity index (χ2n) is 5.40. The third kappa shape index (κ3) is 4.16. The zero-order valence-electron chi connectivity index (χ0n) is 12.0. The molecule has 1 rings (SSSR count). The Balaban J connectivity index is 2.78. The molecule has 0 fully saturated rings. The zero-order valence-corrected chi connectivity index (χ0v) is 12.0. The first-order valence-electron chi connectivity index (χ1n) is 6.84. The van der Waals surface area contributed by atoms with Gasteiger partial charge in [0.15, 0.2) is 0 Å². The molecule has 0 heterocycles. The molecule has 0 aliphatic heterocycles. The molecular weight excluding hydrogens is 206 g/mol. The van der Waals surface area contributed by atoms with Crippen LogP contribution in [0.25, 0.3) is 0 Å². The molecule has 1 aromatic rings. The number of aryl methyl sites for hydroxylation is 2. The van der Waals surface area contributed by atoms with Crippen LogP contribution in [0.1, 0.15) is 49.8 Å². The topological polar surface area (TPSA) is 12.0 Å². The van der Waals surface area contributed by atoms with Gasteiger partial charge in [-0.1, -0.05) is 39.0 Å². The van der Waals surface area contributed by atoms with E-state index in [9.17, 15) is 0 Å². The largest absolute Gasteiger partial charge is 0.316 e. The van der Waals surface area contributed by atoms with E-state index in [1.165, 1.54) is 23.1 Å². The van der Waals surface area contributed by atoms with E-state index in [0.29, 0.717) is 11.8 Å². The number of hydrogen-bond acceptors (Lipinski definition) is 1. The summed E-state index contributed by atoms with van der Waals surface area (Å²) in [7, 11) is 0. The molecule has 0 radical (unpaired) electrons. The van der Waals surface area contributed by atoms with Gasteiger partial charge in [0.1, 0.15) is 0 Å². The van der Waals surface area contributed by atoms with Crippen LogP contribution < -0.4 is 5.32 Å². The van der Waals surface area contributed by atoms with Crippen LogP contribution in [-0.4, -0.2) is 13.1 Å². The lowest BCUT2D eigenvalue weighted by atomic mass is 9.87. The fourth-order valence-electron chi connectivity index (χ4n) is 2.17. The van der Waals surface area contributed by atoms with E-state index >= 15 is 0 Å². The van der Waals surface area contributed by atoms with Gasteiger partial charge in [0, 0.05) is 6.54 Å². The van der Waals surface area contributed by atoms with E-state index in [4.69, 9.17) is 0 Å². The second-order valence-corrected chi connectivity index (χ2v) is 5.40. The Hall–Kier alpha value is -0.820. The average molecular weight is 233 g/mol. The van der Waals surface area contributed by atoms with E-state index in [0.717, 1.165) is 13.1 Å². The monoisotopic (exact) mass is 233 g/mol. The molecule has 0 aliphatic rings. The van der Waals surface area contributed by atoms with Crippen molar-refractivity contribution in [3.8, 4) is 0 Å². The average Bonchev–Trinajstić information content (AvgIpc) is 2.28. The van der Waals surface area contributed by atoms with Crippen LogP contribution in [0.3, 0.4) is 0 Å². The molecule has 1 aromatic carbocycles. The fourth-order valence-corrected chi connectivity index (χ4v) is 2.17. The number of rotatable bonds is 6. The predicted octanol–water partition coefficient (Wildman–Crippen LogP) is 4.04. The Labute approximate surface area is 107 Å². The summed E-state index contributed by atoms with van der Waals surface area (Å²) in [6.07, 6.45) is 1.21. The van der Waals surface area contributed by atoms with Crippen molar-refractivity contribution < 1.29 is 0 Å². The van der Waals surface area contributed by atoms with Gasteiger partial charge in [-0.25, -0.2) is 0 Å². The van der Waals surface area contributed by atoms with Crippen molar-refractivity contribution in [2.24, 2.45) is 5.92 Å².